The van der Waals surface area contributed by atoms with Crippen molar-refractivity contribution >= 4 is 11.6 Å². The van der Waals surface area contributed by atoms with E-state index < -0.39 is 0 Å². The third-order valence-corrected chi connectivity index (χ3v) is 5.31. The summed E-state index contributed by atoms with van der Waals surface area (Å²) >= 11 is 0. The van der Waals surface area contributed by atoms with Crippen molar-refractivity contribution in [2.75, 3.05) is 38.2 Å². The van der Waals surface area contributed by atoms with Gasteiger partial charge < -0.3 is 24.4 Å². The molecule has 180 valence electrons. The molecule has 0 saturated carbocycles. The monoisotopic (exact) mass is 463 g/mol. The number of anilines is 1. The van der Waals surface area contributed by atoms with Gasteiger partial charge in [0.15, 0.2) is 11.5 Å². The average molecular weight is 464 g/mol. The minimum absolute atomic E-state index is 0.227. The lowest BCUT2D eigenvalue weighted by Gasteiger charge is -2.18. The van der Waals surface area contributed by atoms with E-state index in [0.29, 0.717) is 42.6 Å². The fraction of sp³-hybridized carbons (Fsp3) is 0.333. The summed E-state index contributed by atoms with van der Waals surface area (Å²) < 4.78 is 17.4. The van der Waals surface area contributed by atoms with Gasteiger partial charge >= 0.3 is 0 Å². The highest BCUT2D eigenvalue weighted by Crippen LogP contribution is 2.30. The van der Waals surface area contributed by atoms with Crippen LogP contribution in [0.15, 0.2) is 67.0 Å². The molecule has 7 nitrogen and oxygen atoms in total. The molecule has 0 aliphatic rings. The number of carbonyl (C=O) groups is 1. The first kappa shape index (κ1) is 25.1. The molecule has 7 heteroatoms. The molecule has 2 aromatic carbocycles. The number of likely N-dealkylation sites (N-methyl/N-ethyl adjacent to an activating group) is 1. The van der Waals surface area contributed by atoms with Crippen molar-refractivity contribution in [2.24, 2.45) is 0 Å². The topological polar surface area (TPSA) is 72.9 Å². The number of nitrogens with zero attached hydrogens (tertiary/aromatic N) is 2. The van der Waals surface area contributed by atoms with Crippen LogP contribution in [-0.2, 0) is 6.61 Å². The van der Waals surface area contributed by atoms with Crippen molar-refractivity contribution in [3.63, 3.8) is 0 Å². The Morgan fingerprint density at radius 1 is 0.941 bits per heavy atom. The first-order chi connectivity index (χ1) is 16.6. The maximum atomic E-state index is 12.8. The van der Waals surface area contributed by atoms with E-state index in [1.807, 2.05) is 43.3 Å². The van der Waals surface area contributed by atoms with Crippen LogP contribution in [0.2, 0.25) is 0 Å². The Morgan fingerprint density at radius 3 is 2.41 bits per heavy atom. The molecular formula is C27H33N3O4. The van der Waals surface area contributed by atoms with Gasteiger partial charge in [0, 0.05) is 35.8 Å². The zero-order valence-electron chi connectivity index (χ0n) is 20.1. The zero-order valence-corrected chi connectivity index (χ0v) is 20.1. The summed E-state index contributed by atoms with van der Waals surface area (Å²) in [6.07, 6.45) is 3.47. The van der Waals surface area contributed by atoms with E-state index in [2.05, 4.69) is 29.0 Å². The van der Waals surface area contributed by atoms with Gasteiger partial charge in [-0.3, -0.25) is 9.78 Å². The van der Waals surface area contributed by atoms with Gasteiger partial charge in [-0.05, 0) is 68.5 Å². The second-order valence-electron chi connectivity index (χ2n) is 7.60. The maximum Gasteiger partial charge on any atom is 0.255 e. The van der Waals surface area contributed by atoms with Crippen molar-refractivity contribution in [2.45, 2.75) is 27.4 Å². The van der Waals surface area contributed by atoms with Crippen molar-refractivity contribution in [1.82, 2.24) is 9.88 Å². The quantitative estimate of drug-likeness (QED) is 0.383. The molecule has 0 unspecified atom stereocenters. The molecule has 3 aromatic rings. The summed E-state index contributed by atoms with van der Waals surface area (Å²) in [5.41, 5.74) is 2.12. The molecule has 0 aliphatic heterocycles. The Hall–Kier alpha value is -3.58. The van der Waals surface area contributed by atoms with Gasteiger partial charge in [-0.2, -0.15) is 0 Å². The molecule has 0 radical (unpaired) electrons. The van der Waals surface area contributed by atoms with Gasteiger partial charge in [0.25, 0.3) is 5.91 Å². The Bertz CT molecular complexity index is 1020. The Kier molecular flexibility index (Phi) is 9.73. The van der Waals surface area contributed by atoms with Crippen molar-refractivity contribution in [3.8, 4) is 17.2 Å². The van der Waals surface area contributed by atoms with E-state index in [-0.39, 0.29) is 5.91 Å². The standard InChI is InChI=1S/C27H33N3O4/c1-4-30(5-2)16-17-33-24-12-10-23(11-13-24)29-27(31)22-9-14-25(26(18-22)32-6-3)34-20-21-8-7-15-28-19-21/h7-15,18-19H,4-6,16-17,20H2,1-3H3,(H,29,31). The van der Waals surface area contributed by atoms with Crippen molar-refractivity contribution in [3.05, 3.63) is 78.1 Å². The Morgan fingerprint density at radius 2 is 1.74 bits per heavy atom. The van der Waals surface area contributed by atoms with Crippen LogP contribution in [0, 0.1) is 0 Å². The summed E-state index contributed by atoms with van der Waals surface area (Å²) in [5.74, 6) is 1.65. The predicted molar refractivity (Wildman–Crippen MR) is 134 cm³/mol. The lowest BCUT2D eigenvalue weighted by atomic mass is 10.1. The number of nitrogens with one attached hydrogen (secondary N) is 1. The number of aromatic nitrogens is 1. The SMILES string of the molecule is CCOc1cc(C(=O)Nc2ccc(OCCN(CC)CC)cc2)ccc1OCc1cccnc1. The highest BCUT2D eigenvalue weighted by Gasteiger charge is 2.13. The Balaban J connectivity index is 1.58. The van der Waals surface area contributed by atoms with Gasteiger partial charge in [0.2, 0.25) is 0 Å². The number of rotatable bonds is 13. The van der Waals surface area contributed by atoms with Gasteiger partial charge in [-0.25, -0.2) is 0 Å². The third kappa shape index (κ3) is 7.49. The third-order valence-electron chi connectivity index (χ3n) is 5.31. The minimum Gasteiger partial charge on any atom is -0.492 e. The normalized spacial score (nSPS) is 10.7. The molecular weight excluding hydrogens is 430 g/mol. The smallest absolute Gasteiger partial charge is 0.255 e. The minimum atomic E-state index is -0.227. The van der Waals surface area contributed by atoms with E-state index >= 15 is 0 Å². The van der Waals surface area contributed by atoms with Gasteiger partial charge in [0.05, 0.1) is 6.61 Å². The van der Waals surface area contributed by atoms with Crippen LogP contribution >= 0.6 is 0 Å². The fourth-order valence-corrected chi connectivity index (χ4v) is 3.35. The number of pyridine rings is 1. The molecule has 34 heavy (non-hydrogen) atoms. The maximum absolute atomic E-state index is 12.8. The molecule has 1 N–H and O–H groups in total. The van der Waals surface area contributed by atoms with Crippen LogP contribution in [0.25, 0.3) is 0 Å². The summed E-state index contributed by atoms with van der Waals surface area (Å²) in [7, 11) is 0. The van der Waals surface area contributed by atoms with Gasteiger partial charge in [0.1, 0.15) is 19.0 Å². The molecule has 0 saturated heterocycles. The lowest BCUT2D eigenvalue weighted by molar-refractivity contribution is 0.102. The second kappa shape index (κ2) is 13.2. The lowest BCUT2D eigenvalue weighted by Crippen LogP contribution is -2.27. The second-order valence-corrected chi connectivity index (χ2v) is 7.60. The molecule has 3 rings (SSSR count). The van der Waals surface area contributed by atoms with Gasteiger partial charge in [-0.1, -0.05) is 19.9 Å². The van der Waals surface area contributed by atoms with Crippen LogP contribution in [0.5, 0.6) is 17.2 Å². The zero-order chi connectivity index (χ0) is 24.2. The van der Waals surface area contributed by atoms with Crippen molar-refractivity contribution < 1.29 is 19.0 Å². The number of carbonyl (C=O) groups excluding carboxylic acids is 1. The molecule has 0 spiro atoms. The van der Waals surface area contributed by atoms with E-state index in [0.717, 1.165) is 30.9 Å². The van der Waals surface area contributed by atoms with Crippen LogP contribution < -0.4 is 19.5 Å². The van der Waals surface area contributed by atoms with Crippen LogP contribution in [-0.4, -0.2) is 48.6 Å². The summed E-state index contributed by atoms with van der Waals surface area (Å²) in [5, 5.41) is 2.92. The van der Waals surface area contributed by atoms with E-state index in [1.165, 1.54) is 0 Å². The van der Waals surface area contributed by atoms with E-state index in [4.69, 9.17) is 14.2 Å². The van der Waals surface area contributed by atoms with Crippen LogP contribution in [0.4, 0.5) is 5.69 Å². The average Bonchev–Trinajstić information content (AvgIpc) is 2.87. The Labute approximate surface area is 201 Å². The first-order valence-corrected chi connectivity index (χ1v) is 11.7. The first-order valence-electron chi connectivity index (χ1n) is 11.7. The molecule has 0 bridgehead atoms. The number of benzene rings is 2. The van der Waals surface area contributed by atoms with Crippen molar-refractivity contribution in [1.29, 1.82) is 0 Å². The summed E-state index contributed by atoms with van der Waals surface area (Å²) in [6, 6.07) is 16.4. The number of ether oxygens (including phenoxy) is 3. The van der Waals surface area contributed by atoms with Gasteiger partial charge in [-0.15, -0.1) is 0 Å². The molecule has 0 atom stereocenters. The number of hydrogen-bond acceptors (Lipinski definition) is 6. The molecule has 1 amide bonds. The highest BCUT2D eigenvalue weighted by molar-refractivity contribution is 6.04. The predicted octanol–water partition coefficient (Wildman–Crippen LogP) is 5.03. The van der Waals surface area contributed by atoms with E-state index in [1.54, 1.807) is 30.6 Å². The summed E-state index contributed by atoms with van der Waals surface area (Å²) in [6.45, 7) is 10.5. The fourth-order valence-electron chi connectivity index (χ4n) is 3.35. The highest BCUT2D eigenvalue weighted by atomic mass is 16.5. The largest absolute Gasteiger partial charge is 0.492 e. The molecule has 1 heterocycles. The number of amides is 1. The van der Waals surface area contributed by atoms with Crippen LogP contribution in [0.1, 0.15) is 36.7 Å². The molecule has 0 aliphatic carbocycles. The van der Waals surface area contributed by atoms with Crippen LogP contribution in [0.3, 0.4) is 0 Å². The summed E-state index contributed by atoms with van der Waals surface area (Å²) in [4.78, 5) is 19.2. The number of hydrogen-bond donors (Lipinski definition) is 1. The molecule has 0 fully saturated rings. The molecule has 1 aromatic heterocycles. The van der Waals surface area contributed by atoms with E-state index in [9.17, 15) is 4.79 Å².